The first kappa shape index (κ1) is 27.2. The first-order valence-electron chi connectivity index (χ1n) is 13.0. The van der Waals surface area contributed by atoms with Crippen LogP contribution in [0.2, 0.25) is 0 Å². The third kappa shape index (κ3) is 7.13. The number of hydrogen-bond acceptors (Lipinski definition) is 5. The number of hydrogen-bond donors (Lipinski definition) is 2. The van der Waals surface area contributed by atoms with Crippen molar-refractivity contribution in [2.24, 2.45) is 0 Å². The van der Waals surface area contributed by atoms with Gasteiger partial charge in [-0.15, -0.1) is 0 Å². The summed E-state index contributed by atoms with van der Waals surface area (Å²) < 4.78 is 17.6. The Labute approximate surface area is 223 Å². The molecule has 1 heterocycles. The van der Waals surface area contributed by atoms with Gasteiger partial charge in [-0.05, 0) is 90.9 Å². The molecule has 0 bridgehead atoms. The maximum atomic E-state index is 11.4. The number of carboxylic acids is 1. The number of carbonyl (C=O) groups excluding carboxylic acids is 1. The number of amides is 1. The smallest absolute Gasteiger partial charge is 0.306 e. The topological polar surface area (TPSA) is 94.1 Å². The van der Waals surface area contributed by atoms with Gasteiger partial charge in [0.1, 0.15) is 24.7 Å². The van der Waals surface area contributed by atoms with Crippen LogP contribution >= 0.6 is 0 Å². The number of carboxylic acid groups (broad SMARTS) is 1. The number of nitrogens with one attached hydrogen (secondary N) is 1. The lowest BCUT2D eigenvalue weighted by molar-refractivity contribution is -0.140. The molecular weight excluding hydrogens is 482 g/mol. The van der Waals surface area contributed by atoms with Gasteiger partial charge in [0.05, 0.1) is 18.6 Å². The van der Waals surface area contributed by atoms with Crippen LogP contribution in [0.1, 0.15) is 54.5 Å². The summed E-state index contributed by atoms with van der Waals surface area (Å²) in [7, 11) is 0. The van der Waals surface area contributed by atoms with Crippen LogP contribution < -0.4 is 14.8 Å². The van der Waals surface area contributed by atoms with E-state index in [0.29, 0.717) is 32.0 Å². The summed E-state index contributed by atoms with van der Waals surface area (Å²) in [6.07, 6.45) is 0.824. The number of rotatable bonds is 12. The van der Waals surface area contributed by atoms with E-state index in [2.05, 4.69) is 31.3 Å². The Morgan fingerprint density at radius 3 is 2.39 bits per heavy atom. The molecule has 200 valence electrons. The predicted molar refractivity (Wildman–Crippen MR) is 145 cm³/mol. The summed E-state index contributed by atoms with van der Waals surface area (Å²) in [5.74, 6) is 0.711. The zero-order valence-corrected chi connectivity index (χ0v) is 22.2. The zero-order valence-electron chi connectivity index (χ0n) is 22.2. The molecule has 2 atom stereocenters. The minimum atomic E-state index is -0.893. The average Bonchev–Trinajstić information content (AvgIpc) is 3.31. The fourth-order valence-electron chi connectivity index (χ4n) is 4.86. The van der Waals surface area contributed by atoms with Crippen LogP contribution in [0.15, 0.2) is 60.7 Å². The lowest BCUT2D eigenvalue weighted by atomic mass is 9.94. The van der Waals surface area contributed by atoms with Crippen molar-refractivity contribution in [2.45, 2.75) is 58.8 Å². The minimum Gasteiger partial charge on any atom is -0.491 e. The van der Waals surface area contributed by atoms with Crippen LogP contribution in [0, 0.1) is 13.8 Å². The van der Waals surface area contributed by atoms with Gasteiger partial charge in [-0.1, -0.05) is 30.3 Å². The largest absolute Gasteiger partial charge is 0.491 e. The zero-order chi connectivity index (χ0) is 27.1. The number of aryl methyl sites for hydroxylation is 2. The van der Waals surface area contributed by atoms with Gasteiger partial charge in [0.2, 0.25) is 5.91 Å². The first-order chi connectivity index (χ1) is 18.3. The van der Waals surface area contributed by atoms with Crippen LogP contribution in [-0.2, 0) is 20.9 Å². The molecule has 38 heavy (non-hydrogen) atoms. The Morgan fingerprint density at radius 1 is 1.03 bits per heavy atom. The van der Waals surface area contributed by atoms with Crippen molar-refractivity contribution in [3.63, 3.8) is 0 Å². The molecule has 0 aliphatic carbocycles. The second kappa shape index (κ2) is 12.6. The van der Waals surface area contributed by atoms with Crippen LogP contribution in [-0.4, -0.2) is 36.2 Å². The monoisotopic (exact) mass is 517 g/mol. The Morgan fingerprint density at radius 2 is 1.76 bits per heavy atom. The third-order valence-electron chi connectivity index (χ3n) is 6.64. The summed E-state index contributed by atoms with van der Waals surface area (Å²) in [6, 6.07) is 19.9. The molecule has 7 nitrogen and oxygen atoms in total. The van der Waals surface area contributed by atoms with E-state index in [4.69, 9.17) is 19.3 Å². The fourth-order valence-corrected chi connectivity index (χ4v) is 4.86. The van der Waals surface area contributed by atoms with E-state index in [9.17, 15) is 9.59 Å². The van der Waals surface area contributed by atoms with Gasteiger partial charge in [-0.2, -0.15) is 0 Å². The van der Waals surface area contributed by atoms with Crippen molar-refractivity contribution in [1.29, 1.82) is 0 Å². The molecule has 1 aliphatic rings. The molecule has 2 N–H and O–H groups in total. The second-order valence-corrected chi connectivity index (χ2v) is 9.65. The molecule has 3 aromatic rings. The number of aliphatic carboxylic acids is 1. The van der Waals surface area contributed by atoms with Gasteiger partial charge >= 0.3 is 5.97 Å². The summed E-state index contributed by atoms with van der Waals surface area (Å²) in [4.78, 5) is 22.6. The molecule has 0 unspecified atom stereocenters. The predicted octanol–water partition coefficient (Wildman–Crippen LogP) is 5.76. The first-order valence-corrected chi connectivity index (χ1v) is 13.0. The SMILES string of the molecule is CCO[C@@H](CC(=O)O)c1ccc(OCc2cccc(-c3c(C)cc(OC[C@@H]4CCC(=O)N4)cc3C)c2)cc1. The molecule has 1 saturated heterocycles. The van der Waals surface area contributed by atoms with E-state index >= 15 is 0 Å². The molecule has 7 heteroatoms. The van der Waals surface area contributed by atoms with Gasteiger partial charge in [-0.25, -0.2) is 0 Å². The second-order valence-electron chi connectivity index (χ2n) is 9.65. The van der Waals surface area contributed by atoms with Crippen LogP contribution in [0.5, 0.6) is 11.5 Å². The third-order valence-corrected chi connectivity index (χ3v) is 6.64. The maximum absolute atomic E-state index is 11.4. The Balaban J connectivity index is 1.40. The van der Waals surface area contributed by atoms with Crippen LogP contribution in [0.4, 0.5) is 0 Å². The van der Waals surface area contributed by atoms with Gasteiger partial charge < -0.3 is 24.6 Å². The van der Waals surface area contributed by atoms with E-state index in [-0.39, 0.29) is 18.4 Å². The van der Waals surface area contributed by atoms with Gasteiger partial charge in [0.15, 0.2) is 0 Å². The molecule has 1 aliphatic heterocycles. The van der Waals surface area contributed by atoms with Crippen molar-refractivity contribution < 1.29 is 28.9 Å². The van der Waals surface area contributed by atoms with Crippen LogP contribution in [0.3, 0.4) is 0 Å². The number of ether oxygens (including phenoxy) is 3. The lowest BCUT2D eigenvalue weighted by Gasteiger charge is -2.17. The number of benzene rings is 3. The van der Waals surface area contributed by atoms with Gasteiger partial charge in [-0.3, -0.25) is 9.59 Å². The number of carbonyl (C=O) groups is 2. The van der Waals surface area contributed by atoms with Gasteiger partial charge in [0.25, 0.3) is 0 Å². The van der Waals surface area contributed by atoms with E-state index < -0.39 is 12.1 Å². The van der Waals surface area contributed by atoms with Crippen molar-refractivity contribution in [3.05, 3.63) is 82.9 Å². The normalized spacial score (nSPS) is 15.7. The van der Waals surface area contributed by atoms with E-state index in [1.807, 2.05) is 55.5 Å². The fraction of sp³-hybridized carbons (Fsp3) is 0.355. The van der Waals surface area contributed by atoms with Crippen molar-refractivity contribution >= 4 is 11.9 Å². The highest BCUT2D eigenvalue weighted by Crippen LogP contribution is 2.32. The van der Waals surface area contributed by atoms with E-state index in [1.54, 1.807) is 0 Å². The molecule has 3 aromatic carbocycles. The summed E-state index contributed by atoms with van der Waals surface area (Å²) in [5, 5.41) is 12.1. The van der Waals surface area contributed by atoms with Crippen molar-refractivity contribution in [1.82, 2.24) is 5.32 Å². The molecule has 0 radical (unpaired) electrons. The molecular formula is C31H35NO6. The molecule has 1 fully saturated rings. The maximum Gasteiger partial charge on any atom is 0.306 e. The van der Waals surface area contributed by atoms with E-state index in [0.717, 1.165) is 45.6 Å². The highest BCUT2D eigenvalue weighted by atomic mass is 16.5. The summed E-state index contributed by atoms with van der Waals surface area (Å²) in [5.41, 5.74) is 6.37. The minimum absolute atomic E-state index is 0.0755. The summed E-state index contributed by atoms with van der Waals surface area (Å²) >= 11 is 0. The standard InChI is InChI=1S/C31H35NO6/c1-4-36-28(17-30(34)35)23-8-11-26(12-9-23)37-18-22-6-5-7-24(16-22)31-20(2)14-27(15-21(31)3)38-19-25-10-13-29(33)32-25/h5-9,11-12,14-16,25,28H,4,10,13,17-19H2,1-3H3,(H,32,33)(H,34,35)/t25-,28-/m0/s1. The molecule has 0 spiro atoms. The Kier molecular flexibility index (Phi) is 9.02. The van der Waals surface area contributed by atoms with Crippen LogP contribution in [0.25, 0.3) is 11.1 Å². The molecule has 0 aromatic heterocycles. The highest BCUT2D eigenvalue weighted by Gasteiger charge is 2.21. The molecule has 0 saturated carbocycles. The molecule has 4 rings (SSSR count). The Hall–Kier alpha value is -3.84. The summed E-state index contributed by atoms with van der Waals surface area (Å²) in [6.45, 7) is 7.34. The molecule has 1 amide bonds. The highest BCUT2D eigenvalue weighted by molar-refractivity contribution is 5.78. The van der Waals surface area contributed by atoms with Gasteiger partial charge in [0, 0.05) is 13.0 Å². The van der Waals surface area contributed by atoms with Crippen molar-refractivity contribution in [3.8, 4) is 22.6 Å². The quantitative estimate of drug-likeness (QED) is 0.317. The Bertz CT molecular complexity index is 1250. The average molecular weight is 518 g/mol. The van der Waals surface area contributed by atoms with E-state index in [1.165, 1.54) is 0 Å². The lowest BCUT2D eigenvalue weighted by Crippen LogP contribution is -2.30. The van der Waals surface area contributed by atoms with Crippen molar-refractivity contribution in [2.75, 3.05) is 13.2 Å².